The van der Waals surface area contributed by atoms with Crippen LogP contribution in [0.5, 0.6) is 0 Å². The van der Waals surface area contributed by atoms with Crippen LogP contribution in [0.4, 0.5) is 0 Å². The number of nitrogens with zero attached hydrogens (tertiary/aromatic N) is 2. The van der Waals surface area contributed by atoms with Gasteiger partial charge in [-0.2, -0.15) is 0 Å². The molecule has 29 heavy (non-hydrogen) atoms. The Kier molecular flexibility index (Phi) is 5.55. The number of fused-ring (bicyclic) bond motifs is 1. The fourth-order valence-corrected chi connectivity index (χ4v) is 4.05. The van der Waals surface area contributed by atoms with Crippen molar-refractivity contribution in [3.05, 3.63) is 75.2 Å². The Hall–Kier alpha value is -3.22. The number of amides is 1. The lowest BCUT2D eigenvalue weighted by Crippen LogP contribution is -2.39. The highest BCUT2D eigenvalue weighted by atomic mass is 16.2. The third-order valence-corrected chi connectivity index (χ3v) is 5.72. The molecule has 0 aliphatic heterocycles. The van der Waals surface area contributed by atoms with Gasteiger partial charge in [0.2, 0.25) is 5.91 Å². The number of carbonyl (C=O) groups is 1. The summed E-state index contributed by atoms with van der Waals surface area (Å²) >= 11 is 0. The summed E-state index contributed by atoms with van der Waals surface area (Å²) in [5.41, 5.74) is 0.778. The van der Waals surface area contributed by atoms with Gasteiger partial charge in [-0.15, -0.1) is 0 Å². The lowest BCUT2D eigenvalue weighted by atomic mass is 9.81. The molecule has 2 heterocycles. The Morgan fingerprint density at radius 1 is 1.07 bits per heavy atom. The molecule has 0 spiro atoms. The van der Waals surface area contributed by atoms with Gasteiger partial charge in [0.25, 0.3) is 5.56 Å². The van der Waals surface area contributed by atoms with Crippen molar-refractivity contribution in [1.29, 1.82) is 0 Å². The number of hydrogen-bond donors (Lipinski definition) is 2. The third-order valence-electron chi connectivity index (χ3n) is 5.72. The van der Waals surface area contributed by atoms with E-state index in [1.807, 2.05) is 18.2 Å². The summed E-state index contributed by atoms with van der Waals surface area (Å²) < 4.78 is 1.30. The molecular weight excluding hydrogens is 368 g/mol. The summed E-state index contributed by atoms with van der Waals surface area (Å²) in [4.78, 5) is 44.5. The zero-order chi connectivity index (χ0) is 20.2. The first-order chi connectivity index (χ1) is 14.1. The highest BCUT2D eigenvalue weighted by Gasteiger charge is 2.27. The number of rotatable bonds is 5. The van der Waals surface area contributed by atoms with Gasteiger partial charge in [-0.3, -0.25) is 19.1 Å². The van der Waals surface area contributed by atoms with E-state index >= 15 is 0 Å². The number of pyridine rings is 1. The summed E-state index contributed by atoms with van der Waals surface area (Å²) in [6.07, 6.45) is 4.88. The number of benzene rings is 1. The minimum atomic E-state index is -0.371. The van der Waals surface area contributed by atoms with E-state index in [0.29, 0.717) is 24.0 Å². The topological polar surface area (TPSA) is 96.8 Å². The number of nitrogens with one attached hydrogen (secondary N) is 2. The highest BCUT2D eigenvalue weighted by Crippen LogP contribution is 2.29. The molecule has 1 aromatic carbocycles. The van der Waals surface area contributed by atoms with Gasteiger partial charge in [0.15, 0.2) is 0 Å². The maximum absolute atomic E-state index is 12.7. The van der Waals surface area contributed by atoms with Crippen molar-refractivity contribution in [1.82, 2.24) is 19.9 Å². The van der Waals surface area contributed by atoms with Crippen molar-refractivity contribution < 1.29 is 4.79 Å². The van der Waals surface area contributed by atoms with E-state index in [9.17, 15) is 14.4 Å². The lowest BCUT2D eigenvalue weighted by molar-refractivity contribution is -0.126. The zero-order valence-electron chi connectivity index (χ0n) is 16.1. The minimum Gasteiger partial charge on any atom is -0.350 e. The molecule has 0 saturated heterocycles. The van der Waals surface area contributed by atoms with Crippen LogP contribution in [-0.4, -0.2) is 20.4 Å². The van der Waals surface area contributed by atoms with Crippen LogP contribution in [0.3, 0.4) is 0 Å². The fraction of sp³-hybridized carbons (Fsp3) is 0.364. The second-order valence-corrected chi connectivity index (χ2v) is 7.65. The summed E-state index contributed by atoms with van der Waals surface area (Å²) in [6.45, 7) is 0.822. The van der Waals surface area contributed by atoms with Crippen LogP contribution in [-0.2, 0) is 17.9 Å². The molecule has 0 atom stereocenters. The van der Waals surface area contributed by atoms with E-state index < -0.39 is 0 Å². The zero-order valence-corrected chi connectivity index (χ0v) is 16.1. The van der Waals surface area contributed by atoms with Crippen molar-refractivity contribution in [2.45, 2.75) is 38.8 Å². The molecule has 0 unspecified atom stereocenters. The van der Waals surface area contributed by atoms with Crippen molar-refractivity contribution in [2.24, 2.45) is 11.8 Å². The smallest absolute Gasteiger partial charge is 0.328 e. The van der Waals surface area contributed by atoms with Gasteiger partial charge in [0.05, 0.1) is 23.1 Å². The van der Waals surface area contributed by atoms with E-state index in [2.05, 4.69) is 15.3 Å². The maximum Gasteiger partial charge on any atom is 0.328 e. The van der Waals surface area contributed by atoms with E-state index in [-0.39, 0.29) is 29.0 Å². The Balaban J connectivity index is 1.36. The standard InChI is InChI=1S/C22H24N4O3/c27-20(24-13-17-5-3-4-12-23-17)16-10-8-15(9-11-16)14-26-21(28)18-6-1-2-7-19(18)25-22(26)29/h1-7,12,15-16H,8-11,13-14H2,(H,24,27)(H,25,29). The lowest BCUT2D eigenvalue weighted by Gasteiger charge is -2.28. The van der Waals surface area contributed by atoms with Crippen LogP contribution in [0.2, 0.25) is 0 Å². The number of hydrogen-bond acceptors (Lipinski definition) is 4. The van der Waals surface area contributed by atoms with Gasteiger partial charge in [-0.05, 0) is 55.9 Å². The van der Waals surface area contributed by atoms with E-state index in [1.165, 1.54) is 4.57 Å². The highest BCUT2D eigenvalue weighted by molar-refractivity contribution is 5.78. The van der Waals surface area contributed by atoms with Crippen LogP contribution in [0, 0.1) is 11.8 Å². The van der Waals surface area contributed by atoms with Crippen molar-refractivity contribution in [3.8, 4) is 0 Å². The predicted molar refractivity (Wildman–Crippen MR) is 110 cm³/mol. The maximum atomic E-state index is 12.7. The summed E-state index contributed by atoms with van der Waals surface area (Å²) in [7, 11) is 0. The largest absolute Gasteiger partial charge is 0.350 e. The molecule has 2 aromatic heterocycles. The van der Waals surface area contributed by atoms with Gasteiger partial charge < -0.3 is 10.3 Å². The molecule has 1 aliphatic carbocycles. The van der Waals surface area contributed by atoms with Gasteiger partial charge in [-0.25, -0.2) is 4.79 Å². The summed E-state index contributed by atoms with van der Waals surface area (Å²) in [5.74, 6) is 0.242. The molecule has 1 saturated carbocycles. The molecule has 7 nitrogen and oxygen atoms in total. The monoisotopic (exact) mass is 392 g/mol. The quantitative estimate of drug-likeness (QED) is 0.696. The number of aromatic nitrogens is 3. The predicted octanol–water partition coefficient (Wildman–Crippen LogP) is 2.21. The SMILES string of the molecule is O=C(NCc1ccccn1)C1CCC(Cn2c(=O)[nH]c3ccccc3c2=O)CC1. The molecule has 1 amide bonds. The van der Waals surface area contributed by atoms with E-state index in [4.69, 9.17) is 0 Å². The van der Waals surface area contributed by atoms with E-state index in [0.717, 1.165) is 31.4 Å². The number of aromatic amines is 1. The second-order valence-electron chi connectivity index (χ2n) is 7.65. The molecule has 7 heteroatoms. The molecule has 0 bridgehead atoms. The van der Waals surface area contributed by atoms with Gasteiger partial charge >= 0.3 is 5.69 Å². The average molecular weight is 392 g/mol. The third kappa shape index (κ3) is 4.29. The van der Waals surface area contributed by atoms with Crippen LogP contribution in [0.25, 0.3) is 10.9 Å². The number of H-pyrrole nitrogens is 1. The van der Waals surface area contributed by atoms with Crippen LogP contribution >= 0.6 is 0 Å². The molecular formula is C22H24N4O3. The molecule has 150 valence electrons. The molecule has 0 radical (unpaired) electrons. The Labute approximate surface area is 167 Å². The summed E-state index contributed by atoms with van der Waals surface area (Å²) in [5, 5.41) is 3.48. The van der Waals surface area contributed by atoms with Gasteiger partial charge in [0.1, 0.15) is 0 Å². The van der Waals surface area contributed by atoms with Crippen LogP contribution < -0.4 is 16.6 Å². The van der Waals surface area contributed by atoms with Crippen LogP contribution in [0.15, 0.2) is 58.3 Å². The van der Waals surface area contributed by atoms with Gasteiger partial charge in [0, 0.05) is 18.7 Å². The average Bonchev–Trinajstić information content (AvgIpc) is 2.76. The Morgan fingerprint density at radius 2 is 1.83 bits per heavy atom. The van der Waals surface area contributed by atoms with Crippen molar-refractivity contribution in [3.63, 3.8) is 0 Å². The molecule has 1 aliphatic rings. The van der Waals surface area contributed by atoms with Crippen LogP contribution in [0.1, 0.15) is 31.4 Å². The first kappa shape index (κ1) is 19.1. The second kappa shape index (κ2) is 8.43. The van der Waals surface area contributed by atoms with Crippen molar-refractivity contribution in [2.75, 3.05) is 0 Å². The molecule has 3 aromatic rings. The molecule has 4 rings (SSSR count). The molecule has 1 fully saturated rings. The fourth-order valence-electron chi connectivity index (χ4n) is 4.05. The Bertz CT molecular complexity index is 1110. The molecule has 2 N–H and O–H groups in total. The normalized spacial score (nSPS) is 19.2. The minimum absolute atomic E-state index is 0.0263. The number of carbonyl (C=O) groups excluding carboxylic acids is 1. The van der Waals surface area contributed by atoms with Crippen molar-refractivity contribution >= 4 is 16.8 Å². The number of para-hydroxylation sites is 1. The summed E-state index contributed by atoms with van der Waals surface area (Å²) in [6, 6.07) is 12.7. The van der Waals surface area contributed by atoms with E-state index in [1.54, 1.807) is 30.5 Å². The van der Waals surface area contributed by atoms with Gasteiger partial charge in [-0.1, -0.05) is 18.2 Å². The Morgan fingerprint density at radius 3 is 2.59 bits per heavy atom. The first-order valence-electron chi connectivity index (χ1n) is 10.0. The first-order valence-corrected chi connectivity index (χ1v) is 10.0.